The lowest BCUT2D eigenvalue weighted by atomic mass is 10.1. The zero-order chi connectivity index (χ0) is 21.2. The molecule has 0 heterocycles. The third-order valence-electron chi connectivity index (χ3n) is 4.98. The smallest absolute Gasteiger partial charge is 0.251 e. The van der Waals surface area contributed by atoms with Crippen LogP contribution in [0.5, 0.6) is 0 Å². The van der Waals surface area contributed by atoms with Crippen molar-refractivity contribution in [2.45, 2.75) is 44.0 Å². The van der Waals surface area contributed by atoms with Crippen molar-refractivity contribution in [2.75, 3.05) is 6.54 Å². The average Bonchev–Trinajstić information content (AvgIpc) is 3.03. The highest BCUT2D eigenvalue weighted by atomic mass is 35.5. The molecule has 1 amide bonds. The summed E-state index contributed by atoms with van der Waals surface area (Å²) < 4.78 is 27.8. The van der Waals surface area contributed by atoms with E-state index in [0.717, 1.165) is 24.0 Å². The zero-order valence-electron chi connectivity index (χ0n) is 16.3. The third kappa shape index (κ3) is 5.31. The van der Waals surface area contributed by atoms with Gasteiger partial charge in [-0.05, 0) is 66.6 Å². The lowest BCUT2D eigenvalue weighted by molar-refractivity contribution is 0.0936. The number of fused-ring (bicyclic) bond motifs is 1. The normalized spacial score (nSPS) is 16.1. The van der Waals surface area contributed by atoms with Crippen LogP contribution in [0.1, 0.15) is 54.2 Å². The number of hydrogen-bond acceptors (Lipinski definition) is 3. The Labute approximate surface area is 181 Å². The van der Waals surface area contributed by atoms with Crippen molar-refractivity contribution >= 4 is 39.1 Å². The number of carbonyl (C=O) groups excluding carboxylic acids is 1. The van der Waals surface area contributed by atoms with Gasteiger partial charge in [0.15, 0.2) is 0 Å². The molecule has 0 spiro atoms. The van der Waals surface area contributed by atoms with Crippen LogP contribution in [0.15, 0.2) is 41.3 Å². The Kier molecular flexibility index (Phi) is 6.89. The fourth-order valence-corrected chi connectivity index (χ4v) is 5.15. The van der Waals surface area contributed by atoms with Crippen LogP contribution in [0.25, 0.3) is 0 Å². The van der Waals surface area contributed by atoms with Crippen LogP contribution >= 0.6 is 23.2 Å². The topological polar surface area (TPSA) is 75.3 Å². The number of nitrogens with one attached hydrogen (secondary N) is 2. The molecule has 0 saturated heterocycles. The van der Waals surface area contributed by atoms with Crippen molar-refractivity contribution in [3.8, 4) is 0 Å². The van der Waals surface area contributed by atoms with Gasteiger partial charge in [-0.3, -0.25) is 4.79 Å². The second-order valence-corrected chi connectivity index (χ2v) is 10.2. The summed E-state index contributed by atoms with van der Waals surface area (Å²) in [6.07, 6.45) is 2.32. The molecule has 8 heteroatoms. The Balaban J connectivity index is 1.77. The van der Waals surface area contributed by atoms with Gasteiger partial charge in [0.1, 0.15) is 4.90 Å². The predicted molar refractivity (Wildman–Crippen MR) is 116 cm³/mol. The molecule has 0 fully saturated rings. The highest BCUT2D eigenvalue weighted by Gasteiger charge is 2.26. The van der Waals surface area contributed by atoms with Crippen LogP contribution in [-0.2, 0) is 16.4 Å². The van der Waals surface area contributed by atoms with E-state index in [1.54, 1.807) is 6.07 Å². The summed E-state index contributed by atoms with van der Waals surface area (Å²) in [5.74, 6) is 0.0301. The lowest BCUT2D eigenvalue weighted by Crippen LogP contribution is -2.28. The first-order valence-corrected chi connectivity index (χ1v) is 11.8. The standard InChI is InChI=1S/C21H24Cl2N2O3S/c1-13(2)9-10-24-29(27,28)20-12-15(3-7-18(20)23)21(26)25-19-8-4-14-11-16(22)5-6-17(14)19/h3,5-7,11-13,19,24H,4,8-10H2,1-2H3,(H,25,26). The first-order chi connectivity index (χ1) is 13.7. The number of carbonyl (C=O) groups is 1. The molecule has 156 valence electrons. The van der Waals surface area contributed by atoms with Gasteiger partial charge < -0.3 is 5.32 Å². The van der Waals surface area contributed by atoms with Crippen LogP contribution in [0.2, 0.25) is 10.0 Å². The molecular weight excluding hydrogens is 431 g/mol. The summed E-state index contributed by atoms with van der Waals surface area (Å²) in [5, 5.41) is 3.74. The van der Waals surface area contributed by atoms with Gasteiger partial charge in [0.25, 0.3) is 5.91 Å². The number of halogens is 2. The van der Waals surface area contributed by atoms with Crippen molar-refractivity contribution in [1.82, 2.24) is 10.0 Å². The Morgan fingerprint density at radius 1 is 1.17 bits per heavy atom. The molecule has 3 rings (SSSR count). The van der Waals surface area contributed by atoms with Gasteiger partial charge >= 0.3 is 0 Å². The van der Waals surface area contributed by atoms with Gasteiger partial charge in [0.05, 0.1) is 11.1 Å². The van der Waals surface area contributed by atoms with Gasteiger partial charge in [-0.2, -0.15) is 0 Å². The number of amides is 1. The van der Waals surface area contributed by atoms with Gasteiger partial charge in [0.2, 0.25) is 10.0 Å². The second-order valence-electron chi connectivity index (χ2n) is 7.63. The molecule has 29 heavy (non-hydrogen) atoms. The number of aryl methyl sites for hydroxylation is 1. The monoisotopic (exact) mass is 454 g/mol. The molecule has 1 atom stereocenters. The van der Waals surface area contributed by atoms with E-state index in [2.05, 4.69) is 10.0 Å². The SMILES string of the molecule is CC(C)CCNS(=O)(=O)c1cc(C(=O)NC2CCc3cc(Cl)ccc32)ccc1Cl. The van der Waals surface area contributed by atoms with Gasteiger partial charge in [-0.25, -0.2) is 13.1 Å². The summed E-state index contributed by atoms with van der Waals surface area (Å²) in [4.78, 5) is 12.7. The zero-order valence-corrected chi connectivity index (χ0v) is 18.7. The van der Waals surface area contributed by atoms with E-state index in [4.69, 9.17) is 23.2 Å². The summed E-state index contributed by atoms with van der Waals surface area (Å²) in [5.41, 5.74) is 2.41. The summed E-state index contributed by atoms with van der Waals surface area (Å²) in [6.45, 7) is 4.34. The number of rotatable bonds is 7. The number of hydrogen-bond donors (Lipinski definition) is 2. The molecule has 5 nitrogen and oxygen atoms in total. The number of sulfonamides is 1. The maximum absolute atomic E-state index is 12.8. The first kappa shape index (κ1) is 22.1. The van der Waals surface area contributed by atoms with Crippen LogP contribution in [-0.4, -0.2) is 20.9 Å². The molecule has 0 saturated carbocycles. The molecule has 0 radical (unpaired) electrons. The molecule has 2 aromatic carbocycles. The molecule has 2 aromatic rings. The minimum Gasteiger partial charge on any atom is -0.345 e. The maximum atomic E-state index is 12.8. The summed E-state index contributed by atoms with van der Waals surface area (Å²) >= 11 is 12.2. The van der Waals surface area contributed by atoms with E-state index in [0.29, 0.717) is 23.9 Å². The van der Waals surface area contributed by atoms with Gasteiger partial charge in [-0.1, -0.05) is 43.1 Å². The van der Waals surface area contributed by atoms with Crippen molar-refractivity contribution < 1.29 is 13.2 Å². The molecule has 2 N–H and O–H groups in total. The van der Waals surface area contributed by atoms with E-state index in [-0.39, 0.29) is 27.4 Å². The molecule has 0 bridgehead atoms. The first-order valence-electron chi connectivity index (χ1n) is 9.56. The molecule has 0 aromatic heterocycles. The van der Waals surface area contributed by atoms with Crippen molar-refractivity contribution in [1.29, 1.82) is 0 Å². The Morgan fingerprint density at radius 2 is 1.93 bits per heavy atom. The van der Waals surface area contributed by atoms with Crippen molar-refractivity contribution in [3.05, 3.63) is 63.1 Å². The minimum atomic E-state index is -3.80. The van der Waals surface area contributed by atoms with E-state index in [9.17, 15) is 13.2 Å². The van der Waals surface area contributed by atoms with Crippen LogP contribution < -0.4 is 10.0 Å². The van der Waals surface area contributed by atoms with E-state index < -0.39 is 10.0 Å². The Bertz CT molecular complexity index is 1020. The maximum Gasteiger partial charge on any atom is 0.251 e. The average molecular weight is 455 g/mol. The second kappa shape index (κ2) is 9.04. The van der Waals surface area contributed by atoms with Crippen molar-refractivity contribution in [2.24, 2.45) is 5.92 Å². The fraction of sp³-hybridized carbons (Fsp3) is 0.381. The number of benzene rings is 2. The molecule has 1 aliphatic rings. The highest BCUT2D eigenvalue weighted by Crippen LogP contribution is 2.33. The highest BCUT2D eigenvalue weighted by molar-refractivity contribution is 7.89. The van der Waals surface area contributed by atoms with Gasteiger partial charge in [-0.15, -0.1) is 0 Å². The fourth-order valence-electron chi connectivity index (χ4n) is 3.39. The van der Waals surface area contributed by atoms with Crippen molar-refractivity contribution in [3.63, 3.8) is 0 Å². The third-order valence-corrected chi connectivity index (χ3v) is 7.16. The van der Waals surface area contributed by atoms with E-state index >= 15 is 0 Å². The van der Waals surface area contributed by atoms with Crippen LogP contribution in [0.4, 0.5) is 0 Å². The summed E-state index contributed by atoms with van der Waals surface area (Å²) in [6, 6.07) is 9.81. The molecule has 1 aliphatic carbocycles. The molecule has 1 unspecified atom stereocenters. The largest absolute Gasteiger partial charge is 0.345 e. The Morgan fingerprint density at radius 3 is 2.66 bits per heavy atom. The van der Waals surface area contributed by atoms with Gasteiger partial charge in [0, 0.05) is 17.1 Å². The lowest BCUT2D eigenvalue weighted by Gasteiger charge is -2.15. The Hall–Kier alpha value is -1.60. The quantitative estimate of drug-likeness (QED) is 0.634. The van der Waals surface area contributed by atoms with E-state index in [1.165, 1.54) is 18.2 Å². The summed E-state index contributed by atoms with van der Waals surface area (Å²) in [7, 11) is -3.80. The predicted octanol–water partition coefficient (Wildman–Crippen LogP) is 4.74. The van der Waals surface area contributed by atoms with E-state index in [1.807, 2.05) is 26.0 Å². The molecule has 0 aliphatic heterocycles. The molecular formula is C21H24Cl2N2O3S. The van der Waals surface area contributed by atoms with Crippen LogP contribution in [0.3, 0.4) is 0 Å². The van der Waals surface area contributed by atoms with Crippen LogP contribution in [0, 0.1) is 5.92 Å². The minimum absolute atomic E-state index is 0.0828.